The van der Waals surface area contributed by atoms with Gasteiger partial charge >= 0.3 is 0 Å². The highest BCUT2D eigenvalue weighted by atomic mass is 35.5. The van der Waals surface area contributed by atoms with Gasteiger partial charge in [0.05, 0.1) is 26.2 Å². The van der Waals surface area contributed by atoms with Gasteiger partial charge in [0.15, 0.2) is 0 Å². The first-order chi connectivity index (χ1) is 10.7. The normalized spacial score (nSPS) is 11.4. The number of thiophene rings is 1. The minimum absolute atomic E-state index is 0.437. The molecule has 0 spiro atoms. The summed E-state index contributed by atoms with van der Waals surface area (Å²) in [5.74, 6) is 0. The standard InChI is InChI=1S/C16H8Cl2N2S2/c17-12-4-1-3-10(15(12)18)7-11(8-19)16-20-13(9-22-16)14-5-2-6-21-14/h1-7,9H/b11-7-. The van der Waals surface area contributed by atoms with Crippen molar-refractivity contribution in [1.82, 2.24) is 4.98 Å². The van der Waals surface area contributed by atoms with Crippen LogP contribution in [0.15, 0.2) is 41.1 Å². The number of hydrogen-bond donors (Lipinski definition) is 0. The van der Waals surface area contributed by atoms with Gasteiger partial charge in [-0.05, 0) is 29.2 Å². The summed E-state index contributed by atoms with van der Waals surface area (Å²) in [6.07, 6.45) is 1.71. The largest absolute Gasteiger partial charge is 0.234 e. The van der Waals surface area contributed by atoms with Crippen molar-refractivity contribution in [2.75, 3.05) is 0 Å². The molecule has 0 atom stereocenters. The SMILES string of the molecule is N#C/C(=C/c1cccc(Cl)c1Cl)c1nc(-c2cccs2)cs1. The molecular weight excluding hydrogens is 355 g/mol. The average molecular weight is 363 g/mol. The van der Waals surface area contributed by atoms with Crippen LogP contribution in [-0.4, -0.2) is 4.98 Å². The highest BCUT2D eigenvalue weighted by molar-refractivity contribution is 7.14. The Balaban J connectivity index is 2.00. The molecule has 0 aliphatic carbocycles. The topological polar surface area (TPSA) is 36.7 Å². The number of benzene rings is 1. The molecule has 0 aliphatic rings. The second-order valence-electron chi connectivity index (χ2n) is 4.33. The Morgan fingerprint density at radius 3 is 2.77 bits per heavy atom. The highest BCUT2D eigenvalue weighted by Gasteiger charge is 2.11. The number of aromatic nitrogens is 1. The fourth-order valence-corrected chi connectivity index (χ4v) is 3.77. The van der Waals surface area contributed by atoms with Crippen LogP contribution in [0.2, 0.25) is 10.0 Å². The van der Waals surface area contributed by atoms with Gasteiger partial charge in [0.25, 0.3) is 0 Å². The molecule has 22 heavy (non-hydrogen) atoms. The van der Waals surface area contributed by atoms with Gasteiger partial charge in [0, 0.05) is 5.38 Å². The van der Waals surface area contributed by atoms with E-state index in [1.807, 2.05) is 29.0 Å². The van der Waals surface area contributed by atoms with Crippen LogP contribution in [0, 0.1) is 11.3 Å². The summed E-state index contributed by atoms with van der Waals surface area (Å²) in [6, 6.07) is 11.5. The third-order valence-corrected chi connectivity index (χ3v) is 5.51. The molecule has 0 radical (unpaired) electrons. The Bertz CT molecular complexity index is 874. The molecule has 0 N–H and O–H groups in total. The maximum absolute atomic E-state index is 9.42. The third-order valence-electron chi connectivity index (χ3n) is 2.91. The van der Waals surface area contributed by atoms with E-state index < -0.39 is 0 Å². The lowest BCUT2D eigenvalue weighted by atomic mass is 10.1. The molecule has 2 heterocycles. The van der Waals surface area contributed by atoms with Gasteiger partial charge in [0.2, 0.25) is 0 Å². The van der Waals surface area contributed by atoms with Crippen LogP contribution in [0.25, 0.3) is 22.2 Å². The van der Waals surface area contributed by atoms with Crippen LogP contribution in [0.5, 0.6) is 0 Å². The molecule has 6 heteroatoms. The van der Waals surface area contributed by atoms with E-state index in [9.17, 15) is 5.26 Å². The third kappa shape index (κ3) is 3.08. The van der Waals surface area contributed by atoms with Gasteiger partial charge < -0.3 is 0 Å². The van der Waals surface area contributed by atoms with Gasteiger partial charge in [-0.15, -0.1) is 22.7 Å². The van der Waals surface area contributed by atoms with Gasteiger partial charge in [0.1, 0.15) is 11.1 Å². The van der Waals surface area contributed by atoms with Gasteiger partial charge in [-0.25, -0.2) is 4.98 Å². The van der Waals surface area contributed by atoms with E-state index in [-0.39, 0.29) is 0 Å². The van der Waals surface area contributed by atoms with Crippen LogP contribution in [0.4, 0.5) is 0 Å². The lowest BCUT2D eigenvalue weighted by molar-refractivity contribution is 1.38. The molecule has 3 rings (SSSR count). The predicted octanol–water partition coefficient (Wildman–Crippen LogP) is 6.24. The Morgan fingerprint density at radius 2 is 2.05 bits per heavy atom. The molecule has 1 aromatic carbocycles. The molecule has 0 bridgehead atoms. The van der Waals surface area contributed by atoms with E-state index in [0.29, 0.717) is 26.2 Å². The van der Waals surface area contributed by atoms with E-state index in [1.54, 1.807) is 29.5 Å². The Kier molecular flexibility index (Phi) is 4.60. The predicted molar refractivity (Wildman–Crippen MR) is 95.4 cm³/mol. The number of rotatable bonds is 3. The minimum atomic E-state index is 0.437. The van der Waals surface area contributed by atoms with Crippen LogP contribution >= 0.6 is 45.9 Å². The van der Waals surface area contributed by atoms with Crippen molar-refractivity contribution in [1.29, 1.82) is 5.26 Å². The molecular formula is C16H8Cl2N2S2. The first-order valence-corrected chi connectivity index (χ1v) is 8.76. The quantitative estimate of drug-likeness (QED) is 0.516. The lowest BCUT2D eigenvalue weighted by Gasteiger charge is -2.01. The molecule has 2 aromatic heterocycles. The van der Waals surface area contributed by atoms with Crippen molar-refractivity contribution >= 4 is 57.5 Å². The van der Waals surface area contributed by atoms with Crippen molar-refractivity contribution in [2.24, 2.45) is 0 Å². The monoisotopic (exact) mass is 362 g/mol. The number of nitrogens with zero attached hydrogens (tertiary/aromatic N) is 2. The average Bonchev–Trinajstić information content (AvgIpc) is 3.19. The Labute approximate surface area is 145 Å². The Morgan fingerprint density at radius 1 is 1.18 bits per heavy atom. The fourth-order valence-electron chi connectivity index (χ4n) is 1.86. The van der Waals surface area contributed by atoms with Crippen LogP contribution in [-0.2, 0) is 0 Å². The zero-order valence-electron chi connectivity index (χ0n) is 11.1. The molecule has 2 nitrogen and oxygen atoms in total. The first-order valence-electron chi connectivity index (χ1n) is 6.24. The zero-order chi connectivity index (χ0) is 15.5. The number of hydrogen-bond acceptors (Lipinski definition) is 4. The van der Waals surface area contributed by atoms with Gasteiger partial charge in [-0.3, -0.25) is 0 Å². The fraction of sp³-hybridized carbons (Fsp3) is 0. The van der Waals surface area contributed by atoms with Crippen LogP contribution in [0.3, 0.4) is 0 Å². The van der Waals surface area contributed by atoms with E-state index >= 15 is 0 Å². The summed E-state index contributed by atoms with van der Waals surface area (Å²) >= 11 is 15.2. The first kappa shape index (κ1) is 15.3. The molecule has 0 saturated carbocycles. The van der Waals surface area contributed by atoms with Crippen LogP contribution in [0.1, 0.15) is 10.6 Å². The number of allylic oxidation sites excluding steroid dienone is 1. The second-order valence-corrected chi connectivity index (χ2v) is 6.92. The summed E-state index contributed by atoms with van der Waals surface area (Å²) in [4.78, 5) is 5.62. The molecule has 0 unspecified atom stereocenters. The van der Waals surface area contributed by atoms with E-state index in [4.69, 9.17) is 23.2 Å². The molecule has 108 valence electrons. The van der Waals surface area contributed by atoms with Crippen molar-refractivity contribution in [3.63, 3.8) is 0 Å². The summed E-state index contributed by atoms with van der Waals surface area (Å²) in [5.41, 5.74) is 2.06. The van der Waals surface area contributed by atoms with Crippen LogP contribution < -0.4 is 0 Å². The Hall–Kier alpha value is -1.64. The molecule has 0 saturated heterocycles. The number of halogens is 2. The van der Waals surface area contributed by atoms with Crippen molar-refractivity contribution in [3.05, 3.63) is 61.7 Å². The van der Waals surface area contributed by atoms with E-state index in [0.717, 1.165) is 10.6 Å². The minimum Gasteiger partial charge on any atom is -0.234 e. The van der Waals surface area contributed by atoms with Crippen molar-refractivity contribution in [2.45, 2.75) is 0 Å². The second kappa shape index (κ2) is 6.64. The summed E-state index contributed by atoms with van der Waals surface area (Å²) in [5, 5.41) is 14.9. The molecule has 0 fully saturated rings. The highest BCUT2D eigenvalue weighted by Crippen LogP contribution is 2.32. The molecule has 0 aliphatic heterocycles. The van der Waals surface area contributed by atoms with E-state index in [1.165, 1.54) is 11.3 Å². The lowest BCUT2D eigenvalue weighted by Crippen LogP contribution is -1.83. The van der Waals surface area contributed by atoms with Crippen molar-refractivity contribution < 1.29 is 0 Å². The summed E-state index contributed by atoms with van der Waals surface area (Å²) in [7, 11) is 0. The smallest absolute Gasteiger partial charge is 0.134 e. The van der Waals surface area contributed by atoms with Gasteiger partial charge in [-0.2, -0.15) is 5.26 Å². The van der Waals surface area contributed by atoms with Crippen molar-refractivity contribution in [3.8, 4) is 16.6 Å². The summed E-state index contributed by atoms with van der Waals surface area (Å²) in [6.45, 7) is 0. The zero-order valence-corrected chi connectivity index (χ0v) is 14.2. The maximum Gasteiger partial charge on any atom is 0.134 e. The maximum atomic E-state index is 9.42. The summed E-state index contributed by atoms with van der Waals surface area (Å²) < 4.78 is 0. The molecule has 3 aromatic rings. The number of nitriles is 1. The number of thiazole rings is 1. The van der Waals surface area contributed by atoms with Gasteiger partial charge in [-0.1, -0.05) is 41.4 Å². The molecule has 0 amide bonds. The van der Waals surface area contributed by atoms with E-state index in [2.05, 4.69) is 11.1 Å².